The van der Waals surface area contributed by atoms with Crippen LogP contribution in [0, 0.1) is 11.3 Å². The Bertz CT molecular complexity index is 781. The molecule has 0 bridgehead atoms. The predicted molar refractivity (Wildman–Crippen MR) is 79.9 cm³/mol. The van der Waals surface area contributed by atoms with Crippen LogP contribution in [-0.2, 0) is 6.54 Å². The van der Waals surface area contributed by atoms with E-state index in [4.69, 9.17) is 5.26 Å². The summed E-state index contributed by atoms with van der Waals surface area (Å²) in [6, 6.07) is 18.3. The number of aromatic nitrogens is 1. The highest BCUT2D eigenvalue weighted by Gasteiger charge is 2.05. The molecular formula is C16H11BrN2. The van der Waals surface area contributed by atoms with Gasteiger partial charge in [-0.05, 0) is 35.9 Å². The molecule has 2 nitrogen and oxygen atoms in total. The Hall–Kier alpha value is -2.05. The van der Waals surface area contributed by atoms with E-state index in [9.17, 15) is 0 Å². The van der Waals surface area contributed by atoms with Crippen LogP contribution in [0.25, 0.3) is 10.9 Å². The number of halogens is 1. The van der Waals surface area contributed by atoms with Crippen molar-refractivity contribution in [2.45, 2.75) is 6.54 Å². The zero-order valence-corrected chi connectivity index (χ0v) is 11.8. The minimum Gasteiger partial charge on any atom is -0.343 e. The first-order valence-corrected chi connectivity index (χ1v) is 6.79. The van der Waals surface area contributed by atoms with E-state index in [0.29, 0.717) is 0 Å². The molecule has 0 saturated carbocycles. The summed E-state index contributed by atoms with van der Waals surface area (Å²) in [5.74, 6) is 0. The first-order valence-electron chi connectivity index (χ1n) is 6.00. The molecule has 0 atom stereocenters. The van der Waals surface area contributed by atoms with Gasteiger partial charge in [-0.25, -0.2) is 0 Å². The highest BCUT2D eigenvalue weighted by Crippen LogP contribution is 2.21. The van der Waals surface area contributed by atoms with Gasteiger partial charge >= 0.3 is 0 Å². The van der Waals surface area contributed by atoms with Crippen molar-refractivity contribution in [2.75, 3.05) is 0 Å². The molecule has 0 aliphatic carbocycles. The van der Waals surface area contributed by atoms with Gasteiger partial charge < -0.3 is 4.57 Å². The third-order valence-electron chi connectivity index (χ3n) is 3.18. The van der Waals surface area contributed by atoms with E-state index < -0.39 is 0 Å². The molecule has 3 aromatic rings. The molecule has 0 spiro atoms. The summed E-state index contributed by atoms with van der Waals surface area (Å²) >= 11 is 3.49. The van der Waals surface area contributed by atoms with E-state index in [1.807, 2.05) is 42.6 Å². The third kappa shape index (κ3) is 2.27. The van der Waals surface area contributed by atoms with Crippen molar-refractivity contribution >= 4 is 26.8 Å². The maximum atomic E-state index is 9.11. The number of hydrogen-bond donors (Lipinski definition) is 0. The van der Waals surface area contributed by atoms with Crippen molar-refractivity contribution in [3.63, 3.8) is 0 Å². The summed E-state index contributed by atoms with van der Waals surface area (Å²) in [5, 5.41) is 10.1. The summed E-state index contributed by atoms with van der Waals surface area (Å²) in [7, 11) is 0. The fourth-order valence-corrected chi connectivity index (χ4v) is 2.74. The molecule has 0 saturated heterocycles. The van der Waals surface area contributed by atoms with Gasteiger partial charge in [0.05, 0.1) is 11.6 Å². The van der Waals surface area contributed by atoms with Crippen molar-refractivity contribution in [3.05, 3.63) is 70.3 Å². The van der Waals surface area contributed by atoms with Gasteiger partial charge in [0, 0.05) is 28.1 Å². The molecule has 0 radical (unpaired) electrons. The Morgan fingerprint density at radius 2 is 1.95 bits per heavy atom. The van der Waals surface area contributed by atoms with Crippen molar-refractivity contribution < 1.29 is 0 Å². The quantitative estimate of drug-likeness (QED) is 0.693. The molecule has 3 rings (SSSR count). The van der Waals surface area contributed by atoms with Gasteiger partial charge in [-0.2, -0.15) is 5.26 Å². The number of nitrogens with zero attached hydrogens (tertiary/aromatic N) is 2. The third-order valence-corrected chi connectivity index (χ3v) is 3.67. The second kappa shape index (κ2) is 4.91. The second-order valence-electron chi connectivity index (χ2n) is 4.42. The monoisotopic (exact) mass is 310 g/mol. The first-order chi connectivity index (χ1) is 9.28. The number of nitriles is 1. The van der Waals surface area contributed by atoms with E-state index in [0.717, 1.165) is 27.5 Å². The number of benzene rings is 2. The topological polar surface area (TPSA) is 28.7 Å². The molecule has 1 aromatic heterocycles. The average Bonchev–Trinajstić information content (AvgIpc) is 2.82. The highest BCUT2D eigenvalue weighted by atomic mass is 79.9. The SMILES string of the molecule is N#Cc1cccc2c1ccn2Cc1cccc(Br)c1. The minimum absolute atomic E-state index is 0.727. The summed E-state index contributed by atoms with van der Waals surface area (Å²) in [4.78, 5) is 0. The molecule has 0 N–H and O–H groups in total. The van der Waals surface area contributed by atoms with Crippen LogP contribution in [0.5, 0.6) is 0 Å². The maximum absolute atomic E-state index is 9.11. The van der Waals surface area contributed by atoms with E-state index in [1.54, 1.807) is 0 Å². The van der Waals surface area contributed by atoms with E-state index >= 15 is 0 Å². The van der Waals surface area contributed by atoms with Crippen LogP contribution in [0.3, 0.4) is 0 Å². The molecule has 1 heterocycles. The lowest BCUT2D eigenvalue weighted by atomic mass is 10.1. The Morgan fingerprint density at radius 3 is 2.74 bits per heavy atom. The number of hydrogen-bond acceptors (Lipinski definition) is 1. The second-order valence-corrected chi connectivity index (χ2v) is 5.34. The van der Waals surface area contributed by atoms with Gasteiger partial charge in [0.25, 0.3) is 0 Å². The predicted octanol–water partition coefficient (Wildman–Crippen LogP) is 4.32. The molecule has 0 fully saturated rings. The maximum Gasteiger partial charge on any atom is 0.0998 e. The summed E-state index contributed by atoms with van der Waals surface area (Å²) in [6.45, 7) is 0.803. The lowest BCUT2D eigenvalue weighted by Gasteiger charge is -2.06. The lowest BCUT2D eigenvalue weighted by Crippen LogP contribution is -1.97. The summed E-state index contributed by atoms with van der Waals surface area (Å²) < 4.78 is 3.25. The standard InChI is InChI=1S/C16H11BrN2/c17-14-5-1-3-12(9-14)11-19-8-7-15-13(10-18)4-2-6-16(15)19/h1-9H,11H2. The van der Waals surface area contributed by atoms with Crippen LogP contribution < -0.4 is 0 Å². The Kier molecular flexibility index (Phi) is 3.10. The zero-order chi connectivity index (χ0) is 13.2. The summed E-state index contributed by atoms with van der Waals surface area (Å²) in [5.41, 5.74) is 3.05. The normalized spacial score (nSPS) is 10.5. The van der Waals surface area contributed by atoms with Gasteiger partial charge in [-0.15, -0.1) is 0 Å². The van der Waals surface area contributed by atoms with Gasteiger partial charge in [-0.1, -0.05) is 34.1 Å². The molecule has 92 valence electrons. The zero-order valence-electron chi connectivity index (χ0n) is 10.2. The molecule has 0 aliphatic heterocycles. The van der Waals surface area contributed by atoms with Gasteiger partial charge in [-0.3, -0.25) is 0 Å². The Labute approximate surface area is 120 Å². The first kappa shape index (κ1) is 12.0. The highest BCUT2D eigenvalue weighted by molar-refractivity contribution is 9.10. The molecule has 0 unspecified atom stereocenters. The van der Waals surface area contributed by atoms with Crippen LogP contribution in [0.1, 0.15) is 11.1 Å². The number of fused-ring (bicyclic) bond motifs is 1. The molecule has 2 aromatic carbocycles. The van der Waals surface area contributed by atoms with Crippen molar-refractivity contribution in [3.8, 4) is 6.07 Å². The van der Waals surface area contributed by atoms with Crippen LogP contribution in [0.15, 0.2) is 59.2 Å². The van der Waals surface area contributed by atoms with Crippen LogP contribution in [0.4, 0.5) is 0 Å². The number of rotatable bonds is 2. The minimum atomic E-state index is 0.727. The summed E-state index contributed by atoms with van der Waals surface area (Å²) in [6.07, 6.45) is 2.03. The molecule has 0 aliphatic rings. The van der Waals surface area contributed by atoms with E-state index in [1.165, 1.54) is 5.56 Å². The van der Waals surface area contributed by atoms with Crippen LogP contribution in [0.2, 0.25) is 0 Å². The average molecular weight is 311 g/mol. The van der Waals surface area contributed by atoms with Crippen LogP contribution >= 0.6 is 15.9 Å². The van der Waals surface area contributed by atoms with Gasteiger partial charge in [0.2, 0.25) is 0 Å². The van der Waals surface area contributed by atoms with Crippen molar-refractivity contribution in [1.82, 2.24) is 4.57 Å². The largest absolute Gasteiger partial charge is 0.343 e. The fraction of sp³-hybridized carbons (Fsp3) is 0.0625. The molecule has 3 heteroatoms. The van der Waals surface area contributed by atoms with Gasteiger partial charge in [0.15, 0.2) is 0 Å². The van der Waals surface area contributed by atoms with Gasteiger partial charge in [0.1, 0.15) is 0 Å². The Balaban J connectivity index is 2.05. The molecule has 19 heavy (non-hydrogen) atoms. The molecular weight excluding hydrogens is 300 g/mol. The van der Waals surface area contributed by atoms with E-state index in [-0.39, 0.29) is 0 Å². The molecule has 0 amide bonds. The van der Waals surface area contributed by atoms with E-state index in [2.05, 4.69) is 38.7 Å². The van der Waals surface area contributed by atoms with Crippen molar-refractivity contribution in [1.29, 1.82) is 5.26 Å². The van der Waals surface area contributed by atoms with Crippen LogP contribution in [-0.4, -0.2) is 4.57 Å². The lowest BCUT2D eigenvalue weighted by molar-refractivity contribution is 0.836. The van der Waals surface area contributed by atoms with Crippen molar-refractivity contribution in [2.24, 2.45) is 0 Å². The fourth-order valence-electron chi connectivity index (χ4n) is 2.29. The smallest absolute Gasteiger partial charge is 0.0998 e. The Morgan fingerprint density at radius 1 is 1.11 bits per heavy atom.